The van der Waals surface area contributed by atoms with Crippen molar-refractivity contribution in [3.63, 3.8) is 0 Å². The minimum Gasteiger partial charge on any atom is -0.497 e. The van der Waals surface area contributed by atoms with E-state index < -0.39 is 23.8 Å². The lowest BCUT2D eigenvalue weighted by molar-refractivity contribution is -0.123. The van der Waals surface area contributed by atoms with Crippen molar-refractivity contribution >= 4 is 17.6 Å². The van der Waals surface area contributed by atoms with E-state index in [1.807, 2.05) is 0 Å². The zero-order valence-electron chi connectivity index (χ0n) is 14.0. The highest BCUT2D eigenvalue weighted by atomic mass is 19.1. The quantitative estimate of drug-likeness (QED) is 0.813. The fraction of sp³-hybridized carbons (Fsp3) is 0.222. The fourth-order valence-corrected chi connectivity index (χ4v) is 2.00. The summed E-state index contributed by atoms with van der Waals surface area (Å²) in [6.45, 7) is 1.39. The number of benzene rings is 2. The van der Waals surface area contributed by atoms with E-state index in [1.165, 1.54) is 51.5 Å². The van der Waals surface area contributed by atoms with E-state index in [-0.39, 0.29) is 11.3 Å². The number of carbonyl (C=O) groups is 2. The van der Waals surface area contributed by atoms with Crippen molar-refractivity contribution in [3.8, 4) is 11.5 Å². The molecule has 0 radical (unpaired) electrons. The van der Waals surface area contributed by atoms with Gasteiger partial charge in [0, 0.05) is 6.07 Å². The van der Waals surface area contributed by atoms with Gasteiger partial charge in [-0.05, 0) is 31.2 Å². The van der Waals surface area contributed by atoms with Gasteiger partial charge in [0.15, 0.2) is 6.10 Å². The number of halogens is 1. The van der Waals surface area contributed by atoms with Gasteiger partial charge in [0.1, 0.15) is 17.3 Å². The summed E-state index contributed by atoms with van der Waals surface area (Å²) in [5, 5.41) is 2.37. The number of para-hydroxylation sites is 1. The van der Waals surface area contributed by atoms with Crippen molar-refractivity contribution in [2.24, 2.45) is 0 Å². The molecule has 7 heteroatoms. The number of nitrogens with one attached hydrogen (secondary N) is 1. The molecule has 0 aliphatic heterocycles. The van der Waals surface area contributed by atoms with Crippen molar-refractivity contribution in [2.45, 2.75) is 13.0 Å². The summed E-state index contributed by atoms with van der Waals surface area (Å²) in [6.07, 6.45) is -1.12. The van der Waals surface area contributed by atoms with Gasteiger partial charge in [0.05, 0.1) is 25.5 Å². The Bertz CT molecular complexity index is 756. The van der Waals surface area contributed by atoms with E-state index in [0.717, 1.165) is 0 Å². The number of anilines is 1. The molecule has 0 aliphatic rings. The summed E-state index contributed by atoms with van der Waals surface area (Å²) in [5.41, 5.74) is 0.181. The van der Waals surface area contributed by atoms with Crippen LogP contribution < -0.4 is 14.8 Å². The maximum atomic E-state index is 13.6. The largest absolute Gasteiger partial charge is 0.497 e. The summed E-state index contributed by atoms with van der Waals surface area (Å²) in [6, 6.07) is 10.2. The molecule has 0 heterocycles. The molecule has 1 N–H and O–H groups in total. The van der Waals surface area contributed by atoms with Crippen molar-refractivity contribution in [2.75, 3.05) is 19.5 Å². The van der Waals surface area contributed by atoms with Crippen LogP contribution in [0.4, 0.5) is 10.1 Å². The second-order valence-corrected chi connectivity index (χ2v) is 5.12. The van der Waals surface area contributed by atoms with Crippen LogP contribution in [0.3, 0.4) is 0 Å². The van der Waals surface area contributed by atoms with Gasteiger partial charge in [0.25, 0.3) is 5.91 Å². The number of hydrogen-bond acceptors (Lipinski definition) is 5. The number of esters is 1. The average molecular weight is 347 g/mol. The first-order valence-electron chi connectivity index (χ1n) is 7.44. The van der Waals surface area contributed by atoms with Gasteiger partial charge in [-0.15, -0.1) is 0 Å². The van der Waals surface area contributed by atoms with Crippen LogP contribution in [-0.4, -0.2) is 32.2 Å². The Labute approximate surface area is 144 Å². The smallest absolute Gasteiger partial charge is 0.339 e. The second kappa shape index (κ2) is 8.14. The van der Waals surface area contributed by atoms with Crippen LogP contribution >= 0.6 is 0 Å². The van der Waals surface area contributed by atoms with Crippen LogP contribution in [0.15, 0.2) is 42.5 Å². The molecule has 1 amide bonds. The van der Waals surface area contributed by atoms with E-state index in [0.29, 0.717) is 11.5 Å². The van der Waals surface area contributed by atoms with Crippen LogP contribution in [0, 0.1) is 5.82 Å². The molecule has 0 bridgehead atoms. The lowest BCUT2D eigenvalue weighted by Gasteiger charge is -2.14. The van der Waals surface area contributed by atoms with Crippen molar-refractivity contribution in [1.29, 1.82) is 0 Å². The molecule has 0 saturated heterocycles. The van der Waals surface area contributed by atoms with Gasteiger partial charge in [-0.1, -0.05) is 12.1 Å². The Balaban J connectivity index is 2.07. The molecule has 25 heavy (non-hydrogen) atoms. The molecular weight excluding hydrogens is 329 g/mol. The first kappa shape index (κ1) is 18.3. The molecule has 6 nitrogen and oxygen atoms in total. The first-order valence-corrected chi connectivity index (χ1v) is 7.44. The molecule has 0 fully saturated rings. The minimum atomic E-state index is -1.12. The third-order valence-corrected chi connectivity index (χ3v) is 3.37. The lowest BCUT2D eigenvalue weighted by Crippen LogP contribution is -2.30. The minimum absolute atomic E-state index is 0.0125. The highest BCUT2D eigenvalue weighted by Crippen LogP contribution is 2.23. The molecule has 2 aromatic rings. The number of hydrogen-bond donors (Lipinski definition) is 1. The number of methoxy groups -OCH3 is 2. The van der Waals surface area contributed by atoms with Gasteiger partial charge in [-0.2, -0.15) is 0 Å². The summed E-state index contributed by atoms with van der Waals surface area (Å²) < 4.78 is 28.8. The molecule has 0 aromatic heterocycles. The Kier molecular flexibility index (Phi) is 5.94. The Morgan fingerprint density at radius 3 is 2.20 bits per heavy atom. The highest BCUT2D eigenvalue weighted by Gasteiger charge is 2.21. The number of ether oxygens (including phenoxy) is 3. The molecular formula is C18H18FNO5. The summed E-state index contributed by atoms with van der Waals surface area (Å²) in [7, 11) is 2.91. The van der Waals surface area contributed by atoms with E-state index in [9.17, 15) is 14.0 Å². The van der Waals surface area contributed by atoms with Gasteiger partial charge in [0.2, 0.25) is 0 Å². The molecule has 2 aromatic carbocycles. The summed E-state index contributed by atoms with van der Waals surface area (Å²) >= 11 is 0. The standard InChI is InChI=1S/C18H18FNO5/c1-11(17(21)20-16-7-5-4-6-15(16)19)25-18(22)12-8-13(23-2)10-14(9-12)24-3/h4-11H,1-3H3,(H,20,21)/t11-/m1/s1. The van der Waals surface area contributed by atoms with Gasteiger partial charge in [-0.25, -0.2) is 9.18 Å². The Hall–Kier alpha value is -3.09. The molecule has 0 unspecified atom stereocenters. The molecule has 0 aliphatic carbocycles. The van der Waals surface area contributed by atoms with Crippen molar-refractivity contribution < 1.29 is 28.2 Å². The zero-order valence-corrected chi connectivity index (χ0v) is 14.0. The van der Waals surface area contributed by atoms with Crippen LogP contribution in [-0.2, 0) is 9.53 Å². The van der Waals surface area contributed by atoms with Gasteiger partial charge >= 0.3 is 5.97 Å². The maximum absolute atomic E-state index is 13.6. The molecule has 0 saturated carbocycles. The van der Waals surface area contributed by atoms with E-state index in [1.54, 1.807) is 12.1 Å². The molecule has 1 atom stereocenters. The van der Waals surface area contributed by atoms with Crippen LogP contribution in [0.5, 0.6) is 11.5 Å². The fourth-order valence-electron chi connectivity index (χ4n) is 2.00. The monoisotopic (exact) mass is 347 g/mol. The van der Waals surface area contributed by atoms with Crippen LogP contribution in [0.25, 0.3) is 0 Å². The lowest BCUT2D eigenvalue weighted by atomic mass is 10.2. The second-order valence-electron chi connectivity index (χ2n) is 5.12. The molecule has 132 valence electrons. The molecule has 0 spiro atoms. The topological polar surface area (TPSA) is 73.9 Å². The average Bonchev–Trinajstić information content (AvgIpc) is 2.62. The van der Waals surface area contributed by atoms with E-state index in [2.05, 4.69) is 5.32 Å². The predicted molar refractivity (Wildman–Crippen MR) is 89.5 cm³/mol. The first-order chi connectivity index (χ1) is 11.9. The number of rotatable bonds is 6. The van der Waals surface area contributed by atoms with Gasteiger partial charge < -0.3 is 19.5 Å². The maximum Gasteiger partial charge on any atom is 0.339 e. The Morgan fingerprint density at radius 2 is 1.64 bits per heavy atom. The van der Waals surface area contributed by atoms with Crippen LogP contribution in [0.2, 0.25) is 0 Å². The highest BCUT2D eigenvalue weighted by molar-refractivity contribution is 5.97. The zero-order chi connectivity index (χ0) is 18.4. The SMILES string of the molecule is COc1cc(OC)cc(C(=O)O[C@H](C)C(=O)Nc2ccccc2F)c1. The molecule has 2 rings (SSSR count). The number of amides is 1. The van der Waals surface area contributed by atoms with Crippen LogP contribution in [0.1, 0.15) is 17.3 Å². The van der Waals surface area contributed by atoms with Gasteiger partial charge in [-0.3, -0.25) is 4.79 Å². The normalized spacial score (nSPS) is 11.4. The third-order valence-electron chi connectivity index (χ3n) is 3.37. The third kappa shape index (κ3) is 4.69. The van der Waals surface area contributed by atoms with E-state index in [4.69, 9.17) is 14.2 Å². The Morgan fingerprint density at radius 1 is 1.04 bits per heavy atom. The number of carbonyl (C=O) groups excluding carboxylic acids is 2. The van der Waals surface area contributed by atoms with E-state index >= 15 is 0 Å². The predicted octanol–water partition coefficient (Wildman–Crippen LogP) is 3.03. The van der Waals surface area contributed by atoms with Crippen molar-refractivity contribution in [1.82, 2.24) is 0 Å². The summed E-state index contributed by atoms with van der Waals surface area (Å²) in [4.78, 5) is 24.3. The van der Waals surface area contributed by atoms with Crippen molar-refractivity contribution in [3.05, 3.63) is 53.8 Å². The summed E-state index contributed by atoms with van der Waals surface area (Å²) in [5.74, 6) is -1.13.